The number of hydrogen-bond acceptors (Lipinski definition) is 2. The van der Waals surface area contributed by atoms with Crippen molar-refractivity contribution in [3.8, 4) is 0 Å². The molecule has 14 heavy (non-hydrogen) atoms. The number of amides is 1. The van der Waals surface area contributed by atoms with Crippen LogP contribution in [0.25, 0.3) is 0 Å². The molecule has 3 nitrogen and oxygen atoms in total. The van der Waals surface area contributed by atoms with Gasteiger partial charge in [0.15, 0.2) is 10.3 Å². The van der Waals surface area contributed by atoms with Gasteiger partial charge < -0.3 is 9.73 Å². The van der Waals surface area contributed by atoms with Gasteiger partial charge in [0.25, 0.3) is 5.91 Å². The minimum absolute atomic E-state index is 0.192. The summed E-state index contributed by atoms with van der Waals surface area (Å²) >= 11 is 3.13. The first kappa shape index (κ1) is 11.2. The zero-order valence-electron chi connectivity index (χ0n) is 7.93. The average Bonchev–Trinajstić information content (AvgIpc) is 2.45. The van der Waals surface area contributed by atoms with Gasteiger partial charge in [-0.05, 0) is 41.9 Å². The number of carbonyl (C=O) groups is 1. The van der Waals surface area contributed by atoms with Crippen molar-refractivity contribution in [2.24, 2.45) is 0 Å². The minimum atomic E-state index is -1.86. The lowest BCUT2D eigenvalue weighted by molar-refractivity contribution is -0.131. The molecule has 0 aromatic carbocycles. The first-order valence-corrected chi connectivity index (χ1v) is 4.90. The third-order valence-corrected chi connectivity index (χ3v) is 2.02. The van der Waals surface area contributed by atoms with Gasteiger partial charge in [-0.3, -0.25) is 4.79 Å². The van der Waals surface area contributed by atoms with Crippen LogP contribution in [0.2, 0.25) is 0 Å². The third kappa shape index (κ3) is 3.14. The van der Waals surface area contributed by atoms with E-state index in [0.717, 1.165) is 0 Å². The maximum atomic E-state index is 13.0. The molecule has 1 rings (SSSR count). The number of furan rings is 1. The fraction of sp³-hybridized carbons (Fsp3) is 0.444. The fourth-order valence-electron chi connectivity index (χ4n) is 0.824. The maximum Gasteiger partial charge on any atom is 0.257 e. The van der Waals surface area contributed by atoms with Crippen LogP contribution < -0.4 is 5.32 Å². The molecule has 1 aromatic heterocycles. The van der Waals surface area contributed by atoms with Crippen LogP contribution >= 0.6 is 15.9 Å². The van der Waals surface area contributed by atoms with Crippen molar-refractivity contribution in [3.63, 3.8) is 0 Å². The van der Waals surface area contributed by atoms with Gasteiger partial charge in [-0.1, -0.05) is 0 Å². The van der Waals surface area contributed by atoms with E-state index in [0.29, 0.717) is 10.4 Å². The van der Waals surface area contributed by atoms with Gasteiger partial charge >= 0.3 is 0 Å². The van der Waals surface area contributed by atoms with Gasteiger partial charge in [0.1, 0.15) is 5.76 Å². The van der Waals surface area contributed by atoms with Crippen molar-refractivity contribution in [2.75, 3.05) is 0 Å². The molecule has 0 saturated carbocycles. The lowest BCUT2D eigenvalue weighted by atomic mass is 10.1. The Balaban J connectivity index is 2.46. The second-order valence-electron chi connectivity index (χ2n) is 3.36. The van der Waals surface area contributed by atoms with E-state index in [1.165, 1.54) is 13.8 Å². The van der Waals surface area contributed by atoms with Crippen molar-refractivity contribution in [2.45, 2.75) is 26.1 Å². The Labute approximate surface area is 89.8 Å². The highest BCUT2D eigenvalue weighted by Gasteiger charge is 2.26. The van der Waals surface area contributed by atoms with E-state index < -0.39 is 11.6 Å². The first-order chi connectivity index (χ1) is 6.39. The van der Waals surface area contributed by atoms with Crippen molar-refractivity contribution >= 4 is 21.8 Å². The number of alkyl halides is 1. The molecule has 1 amide bonds. The Morgan fingerprint density at radius 3 is 2.71 bits per heavy atom. The van der Waals surface area contributed by atoms with E-state index in [4.69, 9.17) is 4.42 Å². The van der Waals surface area contributed by atoms with Gasteiger partial charge in [-0.2, -0.15) is 0 Å². The summed E-state index contributed by atoms with van der Waals surface area (Å²) in [6.45, 7) is 2.61. The molecule has 0 saturated heterocycles. The first-order valence-electron chi connectivity index (χ1n) is 4.11. The van der Waals surface area contributed by atoms with Gasteiger partial charge in [0.2, 0.25) is 0 Å². The highest BCUT2D eigenvalue weighted by molar-refractivity contribution is 9.10. The molecule has 0 aliphatic heterocycles. The summed E-state index contributed by atoms with van der Waals surface area (Å²) in [6.07, 6.45) is 0. The van der Waals surface area contributed by atoms with Crippen LogP contribution in [0.15, 0.2) is 21.2 Å². The van der Waals surface area contributed by atoms with Crippen molar-refractivity contribution < 1.29 is 13.6 Å². The highest BCUT2D eigenvalue weighted by Crippen LogP contribution is 2.14. The summed E-state index contributed by atoms with van der Waals surface area (Å²) in [7, 11) is 0. The predicted molar refractivity (Wildman–Crippen MR) is 53.4 cm³/mol. The summed E-state index contributed by atoms with van der Waals surface area (Å²) in [5.74, 6) is -0.0699. The number of rotatable bonds is 3. The number of nitrogens with one attached hydrogen (secondary N) is 1. The quantitative estimate of drug-likeness (QED) is 0.910. The second-order valence-corrected chi connectivity index (χ2v) is 4.14. The summed E-state index contributed by atoms with van der Waals surface area (Å²) in [5.41, 5.74) is -1.86. The number of hydrogen-bond donors (Lipinski definition) is 1. The van der Waals surface area contributed by atoms with Crippen molar-refractivity contribution in [1.29, 1.82) is 0 Å². The summed E-state index contributed by atoms with van der Waals surface area (Å²) < 4.78 is 18.7. The Morgan fingerprint density at radius 1 is 1.64 bits per heavy atom. The smallest absolute Gasteiger partial charge is 0.257 e. The maximum absolute atomic E-state index is 13.0. The molecule has 78 valence electrons. The molecule has 0 bridgehead atoms. The largest absolute Gasteiger partial charge is 0.452 e. The van der Waals surface area contributed by atoms with Crippen molar-refractivity contribution in [1.82, 2.24) is 5.32 Å². The Morgan fingerprint density at radius 2 is 2.29 bits per heavy atom. The van der Waals surface area contributed by atoms with Crippen LogP contribution in [0.4, 0.5) is 4.39 Å². The molecule has 1 N–H and O–H groups in total. The van der Waals surface area contributed by atoms with Crippen LogP contribution in [-0.2, 0) is 11.3 Å². The molecule has 0 aliphatic carbocycles. The van der Waals surface area contributed by atoms with Crippen LogP contribution in [-0.4, -0.2) is 11.6 Å². The van der Waals surface area contributed by atoms with E-state index in [1.54, 1.807) is 12.1 Å². The van der Waals surface area contributed by atoms with E-state index in [-0.39, 0.29) is 6.54 Å². The summed E-state index contributed by atoms with van der Waals surface area (Å²) in [4.78, 5) is 11.1. The SMILES string of the molecule is CC(C)(F)C(=O)NCc1ccc(Br)o1. The predicted octanol–water partition coefficient (Wildman–Crippen LogP) is 2.41. The highest BCUT2D eigenvalue weighted by atomic mass is 79.9. The summed E-state index contributed by atoms with van der Waals surface area (Å²) in [6, 6.07) is 3.41. The van der Waals surface area contributed by atoms with E-state index in [2.05, 4.69) is 21.2 Å². The van der Waals surface area contributed by atoms with E-state index in [1.807, 2.05) is 0 Å². The number of halogens is 2. The van der Waals surface area contributed by atoms with Crippen LogP contribution in [0.3, 0.4) is 0 Å². The number of carbonyl (C=O) groups excluding carboxylic acids is 1. The van der Waals surface area contributed by atoms with Gasteiger partial charge in [-0.25, -0.2) is 4.39 Å². The third-order valence-electron chi connectivity index (χ3n) is 1.59. The van der Waals surface area contributed by atoms with Crippen LogP contribution in [0.5, 0.6) is 0 Å². The zero-order chi connectivity index (χ0) is 10.8. The Bertz CT molecular complexity index is 330. The Hall–Kier alpha value is -0.840. The molecule has 0 aliphatic rings. The minimum Gasteiger partial charge on any atom is -0.452 e. The molecule has 0 unspecified atom stereocenters. The van der Waals surface area contributed by atoms with Gasteiger partial charge in [0, 0.05) is 0 Å². The van der Waals surface area contributed by atoms with Gasteiger partial charge in [0.05, 0.1) is 6.54 Å². The molecule has 0 radical (unpaired) electrons. The van der Waals surface area contributed by atoms with E-state index >= 15 is 0 Å². The monoisotopic (exact) mass is 263 g/mol. The lowest BCUT2D eigenvalue weighted by Gasteiger charge is -2.12. The van der Waals surface area contributed by atoms with E-state index in [9.17, 15) is 9.18 Å². The van der Waals surface area contributed by atoms with Crippen molar-refractivity contribution in [3.05, 3.63) is 22.6 Å². The Kier molecular flexibility index (Phi) is 3.31. The molecular weight excluding hydrogens is 253 g/mol. The fourth-order valence-corrected chi connectivity index (χ4v) is 1.16. The molecular formula is C9H11BrFNO2. The molecule has 0 atom stereocenters. The molecule has 0 fully saturated rings. The van der Waals surface area contributed by atoms with Crippen LogP contribution in [0.1, 0.15) is 19.6 Å². The average molecular weight is 264 g/mol. The molecule has 1 aromatic rings. The molecule has 0 spiro atoms. The van der Waals surface area contributed by atoms with Crippen LogP contribution in [0, 0.1) is 0 Å². The standard InChI is InChI=1S/C9H11BrFNO2/c1-9(2,11)8(13)12-5-6-3-4-7(10)14-6/h3-4H,5H2,1-2H3,(H,12,13). The molecule has 5 heteroatoms. The topological polar surface area (TPSA) is 42.2 Å². The normalized spacial score (nSPS) is 11.4. The zero-order valence-corrected chi connectivity index (χ0v) is 9.52. The van der Waals surface area contributed by atoms with Gasteiger partial charge in [-0.15, -0.1) is 0 Å². The second kappa shape index (κ2) is 4.13. The molecule has 1 heterocycles. The summed E-state index contributed by atoms with van der Waals surface area (Å²) in [5, 5.41) is 2.42. The lowest BCUT2D eigenvalue weighted by Crippen LogP contribution is -2.38.